The van der Waals surface area contributed by atoms with Crippen molar-refractivity contribution in [3.63, 3.8) is 0 Å². The first-order valence-corrected chi connectivity index (χ1v) is 9.44. The van der Waals surface area contributed by atoms with Gasteiger partial charge in [0.25, 0.3) is 0 Å². The highest BCUT2D eigenvalue weighted by atomic mass is 16.5. The van der Waals surface area contributed by atoms with Crippen molar-refractivity contribution in [1.82, 2.24) is 15.2 Å². The molecule has 9 nitrogen and oxygen atoms in total. The lowest BCUT2D eigenvalue weighted by atomic mass is 10.2. The zero-order chi connectivity index (χ0) is 20.2. The highest BCUT2D eigenvalue weighted by Crippen LogP contribution is 2.10. The Morgan fingerprint density at radius 1 is 1.29 bits per heavy atom. The number of aromatic nitrogens is 1. The zero-order valence-corrected chi connectivity index (χ0v) is 16.2. The van der Waals surface area contributed by atoms with E-state index in [-0.39, 0.29) is 49.8 Å². The van der Waals surface area contributed by atoms with Gasteiger partial charge in [0.1, 0.15) is 5.82 Å². The van der Waals surface area contributed by atoms with E-state index in [9.17, 15) is 14.4 Å². The van der Waals surface area contributed by atoms with Gasteiger partial charge in [-0.2, -0.15) is 0 Å². The van der Waals surface area contributed by atoms with Gasteiger partial charge in [-0.1, -0.05) is 6.07 Å². The molecule has 0 bridgehead atoms. The molecule has 1 aromatic rings. The van der Waals surface area contributed by atoms with E-state index >= 15 is 0 Å². The van der Waals surface area contributed by atoms with Crippen molar-refractivity contribution in [1.29, 1.82) is 0 Å². The third-order valence-corrected chi connectivity index (χ3v) is 4.30. The number of ether oxygens (including phenoxy) is 2. The molecule has 0 aliphatic carbocycles. The Labute approximate surface area is 164 Å². The number of pyridine rings is 1. The zero-order valence-electron chi connectivity index (χ0n) is 16.2. The summed E-state index contributed by atoms with van der Waals surface area (Å²) >= 11 is 0. The first-order chi connectivity index (χ1) is 13.6. The van der Waals surface area contributed by atoms with Crippen molar-refractivity contribution in [3.8, 4) is 0 Å². The summed E-state index contributed by atoms with van der Waals surface area (Å²) in [5.74, 6) is -0.398. The molecular weight excluding hydrogens is 364 g/mol. The molecule has 2 rings (SSSR count). The van der Waals surface area contributed by atoms with Gasteiger partial charge in [-0.05, 0) is 25.0 Å². The molecule has 1 saturated heterocycles. The summed E-state index contributed by atoms with van der Waals surface area (Å²) in [6, 6.07) is 5.18. The summed E-state index contributed by atoms with van der Waals surface area (Å²) in [5.41, 5.74) is 0. The van der Waals surface area contributed by atoms with Gasteiger partial charge in [0.05, 0.1) is 19.3 Å². The Hall–Kier alpha value is -2.52. The second-order valence-electron chi connectivity index (χ2n) is 6.51. The highest BCUT2D eigenvalue weighted by Gasteiger charge is 2.20. The summed E-state index contributed by atoms with van der Waals surface area (Å²) < 4.78 is 10.5. The maximum absolute atomic E-state index is 12.5. The van der Waals surface area contributed by atoms with Gasteiger partial charge in [0.15, 0.2) is 0 Å². The maximum atomic E-state index is 12.5. The number of hydrogen-bond acceptors (Lipinski definition) is 6. The van der Waals surface area contributed by atoms with Gasteiger partial charge in [0, 0.05) is 45.8 Å². The predicted octanol–water partition coefficient (Wildman–Crippen LogP) is 0.571. The van der Waals surface area contributed by atoms with Crippen LogP contribution in [0.25, 0.3) is 0 Å². The van der Waals surface area contributed by atoms with Crippen molar-refractivity contribution in [3.05, 3.63) is 24.4 Å². The van der Waals surface area contributed by atoms with Gasteiger partial charge in [-0.25, -0.2) is 4.98 Å². The lowest BCUT2D eigenvalue weighted by Crippen LogP contribution is -2.44. The van der Waals surface area contributed by atoms with E-state index in [2.05, 4.69) is 15.6 Å². The quantitative estimate of drug-likeness (QED) is 0.570. The molecule has 2 N–H and O–H groups in total. The summed E-state index contributed by atoms with van der Waals surface area (Å²) in [6.45, 7) is 1.68. The minimum absolute atomic E-state index is 0.00139. The lowest BCUT2D eigenvalue weighted by molar-refractivity contribution is -0.137. The van der Waals surface area contributed by atoms with Crippen LogP contribution < -0.4 is 10.6 Å². The van der Waals surface area contributed by atoms with Gasteiger partial charge in [0.2, 0.25) is 17.7 Å². The van der Waals surface area contributed by atoms with Crippen molar-refractivity contribution in [2.75, 3.05) is 45.3 Å². The van der Waals surface area contributed by atoms with Crippen LogP contribution in [0.2, 0.25) is 0 Å². The number of methoxy groups -OCH3 is 1. The Bertz CT molecular complexity index is 634. The second-order valence-corrected chi connectivity index (χ2v) is 6.51. The van der Waals surface area contributed by atoms with E-state index in [1.807, 2.05) is 0 Å². The molecule has 1 aliphatic rings. The molecule has 0 unspecified atom stereocenters. The molecular formula is C19H28N4O5. The van der Waals surface area contributed by atoms with Gasteiger partial charge >= 0.3 is 0 Å². The van der Waals surface area contributed by atoms with Crippen LogP contribution in [-0.2, 0) is 23.9 Å². The van der Waals surface area contributed by atoms with Crippen LogP contribution in [0.1, 0.15) is 25.7 Å². The van der Waals surface area contributed by atoms with E-state index in [0.29, 0.717) is 19.0 Å². The summed E-state index contributed by atoms with van der Waals surface area (Å²) in [5, 5.41) is 5.43. The average Bonchev–Trinajstić information content (AvgIpc) is 3.22. The fourth-order valence-corrected chi connectivity index (χ4v) is 2.78. The third-order valence-electron chi connectivity index (χ3n) is 4.30. The molecule has 1 fully saturated rings. The third kappa shape index (κ3) is 8.01. The predicted molar refractivity (Wildman–Crippen MR) is 103 cm³/mol. The lowest BCUT2D eigenvalue weighted by Gasteiger charge is -2.22. The molecule has 0 saturated carbocycles. The van der Waals surface area contributed by atoms with Gasteiger partial charge in [-0.3, -0.25) is 14.4 Å². The number of anilines is 1. The normalized spacial score (nSPS) is 15.8. The van der Waals surface area contributed by atoms with Crippen LogP contribution >= 0.6 is 0 Å². The number of carbonyl (C=O) groups excluding carboxylic acids is 3. The highest BCUT2D eigenvalue weighted by molar-refractivity contribution is 5.93. The van der Waals surface area contributed by atoms with Crippen molar-refractivity contribution in [2.24, 2.45) is 0 Å². The number of amides is 3. The van der Waals surface area contributed by atoms with Crippen LogP contribution in [0.15, 0.2) is 24.4 Å². The maximum Gasteiger partial charge on any atom is 0.239 e. The molecule has 0 aromatic carbocycles. The van der Waals surface area contributed by atoms with Crippen LogP contribution in [0, 0.1) is 0 Å². The Balaban J connectivity index is 1.76. The van der Waals surface area contributed by atoms with Crippen molar-refractivity contribution < 1.29 is 23.9 Å². The smallest absolute Gasteiger partial charge is 0.239 e. The summed E-state index contributed by atoms with van der Waals surface area (Å²) in [4.78, 5) is 42.0. The van der Waals surface area contributed by atoms with E-state index in [1.54, 1.807) is 24.4 Å². The van der Waals surface area contributed by atoms with Crippen LogP contribution in [-0.4, -0.2) is 73.7 Å². The minimum atomic E-state index is -0.304. The average molecular weight is 392 g/mol. The van der Waals surface area contributed by atoms with Crippen molar-refractivity contribution in [2.45, 2.75) is 31.8 Å². The SMILES string of the molecule is COCCN(CC(=O)NC[C@H]1CCCO1)C(=O)CCC(=O)Nc1ccccn1. The molecule has 0 radical (unpaired) electrons. The van der Waals surface area contributed by atoms with E-state index in [1.165, 1.54) is 12.0 Å². The monoisotopic (exact) mass is 392 g/mol. The Kier molecular flexibility index (Phi) is 9.36. The number of hydrogen-bond donors (Lipinski definition) is 2. The molecule has 154 valence electrons. The fraction of sp³-hybridized carbons (Fsp3) is 0.579. The second kappa shape index (κ2) is 12.0. The number of rotatable bonds is 11. The van der Waals surface area contributed by atoms with Crippen LogP contribution in [0.3, 0.4) is 0 Å². The van der Waals surface area contributed by atoms with E-state index in [0.717, 1.165) is 19.4 Å². The van der Waals surface area contributed by atoms with Crippen molar-refractivity contribution >= 4 is 23.5 Å². The standard InChI is InChI=1S/C19H28N4O5/c1-27-12-10-23(14-18(25)21-13-15-5-4-11-28-15)19(26)8-7-17(24)22-16-6-2-3-9-20-16/h2-3,6,9,15H,4-5,7-8,10-14H2,1H3,(H,21,25)(H,20,22,24)/t15-/m1/s1. The topological polar surface area (TPSA) is 110 Å². The van der Waals surface area contributed by atoms with Gasteiger partial charge < -0.3 is 25.0 Å². The molecule has 1 aromatic heterocycles. The molecule has 3 amide bonds. The number of nitrogens with one attached hydrogen (secondary N) is 2. The largest absolute Gasteiger partial charge is 0.383 e. The van der Waals surface area contributed by atoms with Crippen LogP contribution in [0.5, 0.6) is 0 Å². The van der Waals surface area contributed by atoms with E-state index < -0.39 is 0 Å². The number of nitrogens with zero attached hydrogens (tertiary/aromatic N) is 2. The van der Waals surface area contributed by atoms with E-state index in [4.69, 9.17) is 9.47 Å². The van der Waals surface area contributed by atoms with Gasteiger partial charge in [-0.15, -0.1) is 0 Å². The minimum Gasteiger partial charge on any atom is -0.383 e. The first kappa shape index (κ1) is 21.8. The number of carbonyl (C=O) groups is 3. The molecule has 2 heterocycles. The summed E-state index contributed by atoms with van der Waals surface area (Å²) in [7, 11) is 1.53. The molecule has 9 heteroatoms. The van der Waals surface area contributed by atoms with Crippen LogP contribution in [0.4, 0.5) is 5.82 Å². The molecule has 28 heavy (non-hydrogen) atoms. The molecule has 1 aliphatic heterocycles. The summed E-state index contributed by atoms with van der Waals surface area (Å²) in [6.07, 6.45) is 3.56. The first-order valence-electron chi connectivity index (χ1n) is 9.44. The molecule has 0 spiro atoms. The fourth-order valence-electron chi connectivity index (χ4n) is 2.78. The Morgan fingerprint density at radius 3 is 2.82 bits per heavy atom. The Morgan fingerprint density at radius 2 is 2.14 bits per heavy atom. The molecule has 1 atom stereocenters.